The predicted molar refractivity (Wildman–Crippen MR) is 111 cm³/mol. The summed E-state index contributed by atoms with van der Waals surface area (Å²) in [5.41, 5.74) is 3.96. The maximum absolute atomic E-state index is 10.2. The molecular weight excluding hydrogens is 359 g/mol. The molecule has 5 heteroatoms. The van der Waals surface area contributed by atoms with E-state index in [1.807, 2.05) is 18.2 Å². The normalized spacial score (nSPS) is 14.0. The van der Waals surface area contributed by atoms with E-state index in [0.29, 0.717) is 11.5 Å². The third-order valence-electron chi connectivity index (χ3n) is 5.44. The van der Waals surface area contributed by atoms with Gasteiger partial charge in [0.15, 0.2) is 0 Å². The Labute approximate surface area is 163 Å². The lowest BCUT2D eigenvalue weighted by atomic mass is 9.72. The standard InChI is InChI=1S/C22H31O4P/c1-7-22(6,16-8-10-20(23)18(12-16)14(2)3)17-9-11-21(26-27(24)25)19(13-17)15(4)5/h8-15,23-25H,7H2,1-6H3. The first-order valence-corrected chi connectivity index (χ1v) is 10.6. The Kier molecular flexibility index (Phi) is 6.91. The summed E-state index contributed by atoms with van der Waals surface area (Å²) in [7, 11) is -2.45. The van der Waals surface area contributed by atoms with Crippen molar-refractivity contribution < 1.29 is 19.4 Å². The van der Waals surface area contributed by atoms with Gasteiger partial charge in [0.2, 0.25) is 0 Å². The van der Waals surface area contributed by atoms with Gasteiger partial charge < -0.3 is 19.4 Å². The summed E-state index contributed by atoms with van der Waals surface area (Å²) in [6, 6.07) is 11.8. The Hall–Kier alpha value is -1.61. The van der Waals surface area contributed by atoms with E-state index in [4.69, 9.17) is 4.52 Å². The van der Waals surface area contributed by atoms with Crippen molar-refractivity contribution in [3.05, 3.63) is 58.7 Å². The first kappa shape index (κ1) is 21.7. The number of rotatable bonds is 7. The number of benzene rings is 2. The quantitative estimate of drug-likeness (QED) is 0.511. The van der Waals surface area contributed by atoms with Crippen LogP contribution in [0.25, 0.3) is 0 Å². The lowest BCUT2D eigenvalue weighted by Gasteiger charge is -2.32. The Balaban J connectivity index is 2.59. The molecule has 0 fully saturated rings. The zero-order valence-electron chi connectivity index (χ0n) is 17.0. The van der Waals surface area contributed by atoms with Crippen molar-refractivity contribution in [2.24, 2.45) is 0 Å². The maximum atomic E-state index is 10.2. The fourth-order valence-electron chi connectivity index (χ4n) is 3.45. The molecular formula is C22H31O4P. The van der Waals surface area contributed by atoms with E-state index in [-0.39, 0.29) is 17.3 Å². The highest BCUT2D eigenvalue weighted by atomic mass is 31.2. The van der Waals surface area contributed by atoms with Crippen molar-refractivity contribution in [3.63, 3.8) is 0 Å². The van der Waals surface area contributed by atoms with E-state index in [2.05, 4.69) is 53.7 Å². The number of phenols is 1. The van der Waals surface area contributed by atoms with Crippen LogP contribution in [0.15, 0.2) is 36.4 Å². The molecule has 2 rings (SSSR count). The number of phenolic OH excluding ortho intramolecular Hbond substituents is 1. The minimum atomic E-state index is -2.45. The Morgan fingerprint density at radius 2 is 1.44 bits per heavy atom. The molecule has 0 radical (unpaired) electrons. The molecule has 0 spiro atoms. The summed E-state index contributed by atoms with van der Waals surface area (Å²) >= 11 is 0. The van der Waals surface area contributed by atoms with Gasteiger partial charge >= 0.3 is 8.60 Å². The molecule has 0 aliphatic carbocycles. The fourth-order valence-corrected chi connectivity index (χ4v) is 3.79. The summed E-state index contributed by atoms with van der Waals surface area (Å²) in [5, 5.41) is 10.2. The second-order valence-electron chi connectivity index (χ2n) is 7.87. The molecule has 4 nitrogen and oxygen atoms in total. The van der Waals surface area contributed by atoms with Gasteiger partial charge in [0.05, 0.1) is 0 Å². The molecule has 1 unspecified atom stereocenters. The smallest absolute Gasteiger partial charge is 0.391 e. The summed E-state index contributed by atoms with van der Waals surface area (Å²) in [6.45, 7) is 12.6. The second kappa shape index (κ2) is 8.60. The van der Waals surface area contributed by atoms with E-state index >= 15 is 0 Å². The molecule has 0 bridgehead atoms. The molecule has 2 aromatic carbocycles. The lowest BCUT2D eigenvalue weighted by molar-refractivity contribution is 0.372. The molecule has 1 atom stereocenters. The van der Waals surface area contributed by atoms with Crippen LogP contribution in [0.1, 0.15) is 82.1 Å². The van der Waals surface area contributed by atoms with Crippen molar-refractivity contribution in [2.45, 2.75) is 65.2 Å². The van der Waals surface area contributed by atoms with Crippen molar-refractivity contribution in [1.29, 1.82) is 0 Å². The van der Waals surface area contributed by atoms with Crippen LogP contribution in [-0.2, 0) is 5.41 Å². The highest BCUT2D eigenvalue weighted by molar-refractivity contribution is 7.39. The minimum Gasteiger partial charge on any atom is -0.508 e. The van der Waals surface area contributed by atoms with Gasteiger partial charge in [-0.2, -0.15) is 0 Å². The van der Waals surface area contributed by atoms with Crippen molar-refractivity contribution >= 4 is 8.60 Å². The summed E-state index contributed by atoms with van der Waals surface area (Å²) in [6.07, 6.45) is 0.889. The molecule has 27 heavy (non-hydrogen) atoms. The highest BCUT2D eigenvalue weighted by Crippen LogP contribution is 2.42. The molecule has 0 aliphatic rings. The predicted octanol–water partition coefficient (Wildman–Crippen LogP) is 5.95. The average molecular weight is 390 g/mol. The van der Waals surface area contributed by atoms with Crippen LogP contribution in [0.3, 0.4) is 0 Å². The van der Waals surface area contributed by atoms with Gasteiger partial charge in [0.25, 0.3) is 0 Å². The zero-order chi connectivity index (χ0) is 20.4. The van der Waals surface area contributed by atoms with Gasteiger partial charge in [-0.1, -0.05) is 65.8 Å². The molecule has 2 aromatic rings. The highest BCUT2D eigenvalue weighted by Gasteiger charge is 2.29. The average Bonchev–Trinajstić information content (AvgIpc) is 2.60. The zero-order valence-corrected chi connectivity index (χ0v) is 17.9. The van der Waals surface area contributed by atoms with Crippen molar-refractivity contribution in [1.82, 2.24) is 0 Å². The number of hydrogen-bond acceptors (Lipinski definition) is 4. The molecule has 3 N–H and O–H groups in total. The van der Waals surface area contributed by atoms with Crippen LogP contribution >= 0.6 is 8.60 Å². The van der Waals surface area contributed by atoms with Gasteiger partial charge in [-0.05, 0) is 52.6 Å². The SMILES string of the molecule is CCC(C)(c1ccc(O)c(C(C)C)c1)c1ccc(OP(O)O)c(C(C)C)c1. The summed E-state index contributed by atoms with van der Waals surface area (Å²) in [4.78, 5) is 18.5. The first-order chi connectivity index (χ1) is 12.6. The molecule has 148 valence electrons. The molecule has 0 aromatic heterocycles. The third kappa shape index (κ3) is 4.63. The van der Waals surface area contributed by atoms with Gasteiger partial charge in [0, 0.05) is 5.41 Å². The first-order valence-electron chi connectivity index (χ1n) is 9.43. The van der Waals surface area contributed by atoms with Crippen LogP contribution in [0.5, 0.6) is 11.5 Å². The minimum absolute atomic E-state index is 0.182. The number of hydrogen-bond donors (Lipinski definition) is 3. The van der Waals surface area contributed by atoms with Crippen molar-refractivity contribution in [2.75, 3.05) is 0 Å². The summed E-state index contributed by atoms with van der Waals surface area (Å²) < 4.78 is 5.22. The van der Waals surface area contributed by atoms with Crippen molar-refractivity contribution in [3.8, 4) is 11.5 Å². The summed E-state index contributed by atoms with van der Waals surface area (Å²) in [5.74, 6) is 1.26. The molecule has 0 amide bonds. The van der Waals surface area contributed by atoms with Gasteiger partial charge in [-0.25, -0.2) is 0 Å². The van der Waals surface area contributed by atoms with Crippen LogP contribution in [0.4, 0.5) is 0 Å². The molecule has 0 saturated carbocycles. The van der Waals surface area contributed by atoms with E-state index in [1.165, 1.54) is 0 Å². The van der Waals surface area contributed by atoms with Gasteiger partial charge in [-0.3, -0.25) is 0 Å². The van der Waals surface area contributed by atoms with Crippen LogP contribution in [0, 0.1) is 0 Å². The number of aromatic hydroxyl groups is 1. The Morgan fingerprint density at radius 1 is 0.926 bits per heavy atom. The maximum Gasteiger partial charge on any atom is 0.391 e. The van der Waals surface area contributed by atoms with E-state index in [1.54, 1.807) is 6.07 Å². The Bertz CT molecular complexity index is 786. The molecule has 0 aliphatic heterocycles. The van der Waals surface area contributed by atoms with E-state index < -0.39 is 8.60 Å². The lowest BCUT2D eigenvalue weighted by Crippen LogP contribution is -2.23. The molecule has 0 heterocycles. The van der Waals surface area contributed by atoms with E-state index in [9.17, 15) is 14.9 Å². The largest absolute Gasteiger partial charge is 0.508 e. The third-order valence-corrected chi connectivity index (χ3v) is 5.80. The van der Waals surface area contributed by atoms with Gasteiger partial charge in [0.1, 0.15) is 11.5 Å². The Morgan fingerprint density at radius 3 is 1.93 bits per heavy atom. The van der Waals surface area contributed by atoms with Crippen LogP contribution in [0.2, 0.25) is 0 Å². The van der Waals surface area contributed by atoms with Gasteiger partial charge in [-0.15, -0.1) is 0 Å². The van der Waals surface area contributed by atoms with Crippen LogP contribution < -0.4 is 4.52 Å². The van der Waals surface area contributed by atoms with E-state index in [0.717, 1.165) is 28.7 Å². The topological polar surface area (TPSA) is 69.9 Å². The van der Waals surface area contributed by atoms with Crippen LogP contribution in [-0.4, -0.2) is 14.9 Å². The second-order valence-corrected chi connectivity index (χ2v) is 8.55. The monoisotopic (exact) mass is 390 g/mol. The molecule has 0 saturated heterocycles. The fraction of sp³-hybridized carbons (Fsp3) is 0.455.